The van der Waals surface area contributed by atoms with Crippen LogP contribution in [0.1, 0.15) is 11.5 Å². The Morgan fingerprint density at radius 2 is 2.17 bits per heavy atom. The molecule has 0 radical (unpaired) electrons. The number of pyridine rings is 1. The Hall–Kier alpha value is -2.03. The van der Waals surface area contributed by atoms with E-state index in [1.807, 2.05) is 0 Å². The summed E-state index contributed by atoms with van der Waals surface area (Å²) in [5, 5.41) is 8.74. The van der Waals surface area contributed by atoms with Crippen molar-refractivity contribution in [2.45, 2.75) is 6.18 Å². The van der Waals surface area contributed by atoms with E-state index in [-0.39, 0.29) is 4.77 Å². The minimum absolute atomic E-state index is 0.241. The molecule has 0 saturated carbocycles. The summed E-state index contributed by atoms with van der Waals surface area (Å²) in [5.74, 6) is -1.21. The van der Waals surface area contributed by atoms with E-state index in [2.05, 4.69) is 32.5 Å². The van der Waals surface area contributed by atoms with Crippen LogP contribution >= 0.6 is 12.2 Å². The molecule has 0 unspecified atom stereocenters. The van der Waals surface area contributed by atoms with E-state index in [0.717, 1.165) is 0 Å². The van der Waals surface area contributed by atoms with Crippen LogP contribution in [-0.2, 0) is 6.18 Å². The molecule has 0 aromatic carbocycles. The highest BCUT2D eigenvalue weighted by Crippen LogP contribution is 2.27. The van der Waals surface area contributed by atoms with Crippen molar-refractivity contribution < 1.29 is 13.2 Å². The number of aromatic nitrogens is 4. The molecule has 0 atom stereocenters. The number of hydrogen-bond donors (Lipinski definition) is 1. The van der Waals surface area contributed by atoms with Gasteiger partial charge < -0.3 is 0 Å². The molecule has 2 aromatic heterocycles. The number of halogens is 3. The van der Waals surface area contributed by atoms with E-state index >= 15 is 0 Å². The van der Waals surface area contributed by atoms with Gasteiger partial charge in [0.2, 0.25) is 4.77 Å². The smallest absolute Gasteiger partial charge is 0.255 e. The molecule has 0 saturated heterocycles. The van der Waals surface area contributed by atoms with Crippen molar-refractivity contribution in [3.05, 3.63) is 40.7 Å². The number of H-pyrrole nitrogens is 1. The highest BCUT2D eigenvalue weighted by atomic mass is 32.1. The lowest BCUT2D eigenvalue weighted by molar-refractivity contribution is -0.147. The van der Waals surface area contributed by atoms with Crippen LogP contribution in [0.2, 0.25) is 0 Å². The van der Waals surface area contributed by atoms with Gasteiger partial charge in [-0.2, -0.15) is 22.9 Å². The Labute approximate surface area is 104 Å². The molecular weight excluding hydrogens is 267 g/mol. The third-order valence-electron chi connectivity index (χ3n) is 1.90. The van der Waals surface area contributed by atoms with Gasteiger partial charge in [-0.1, -0.05) is 6.07 Å². The monoisotopic (exact) mass is 273 g/mol. The summed E-state index contributed by atoms with van der Waals surface area (Å²) < 4.78 is 37.9. The first-order chi connectivity index (χ1) is 8.48. The van der Waals surface area contributed by atoms with Gasteiger partial charge in [-0.25, -0.2) is 5.10 Å². The molecule has 0 aliphatic rings. The molecule has 2 rings (SSSR count). The zero-order chi connectivity index (χ0) is 13.2. The molecule has 9 heteroatoms. The van der Waals surface area contributed by atoms with Gasteiger partial charge in [0, 0.05) is 6.20 Å². The Kier molecular flexibility index (Phi) is 3.24. The van der Waals surface area contributed by atoms with Crippen LogP contribution in [0.5, 0.6) is 0 Å². The van der Waals surface area contributed by atoms with Crippen LogP contribution in [0.15, 0.2) is 29.5 Å². The largest absolute Gasteiger partial charge is 0.453 e. The van der Waals surface area contributed by atoms with Crippen molar-refractivity contribution in [2.75, 3.05) is 0 Å². The van der Waals surface area contributed by atoms with Gasteiger partial charge >= 0.3 is 6.18 Å². The maximum absolute atomic E-state index is 12.5. The first-order valence-electron chi connectivity index (χ1n) is 4.68. The van der Waals surface area contributed by atoms with E-state index in [9.17, 15) is 13.2 Å². The fourth-order valence-corrected chi connectivity index (χ4v) is 1.33. The number of nitrogens with one attached hydrogen (secondary N) is 1. The highest BCUT2D eigenvalue weighted by molar-refractivity contribution is 7.71. The van der Waals surface area contributed by atoms with E-state index in [1.54, 1.807) is 18.2 Å². The lowest BCUT2D eigenvalue weighted by Crippen LogP contribution is -2.12. The average Bonchev–Trinajstić information content (AvgIpc) is 2.69. The SMILES string of the molecule is FC(F)(F)c1n[nH]c(=S)n1/N=C\c1ccccn1. The van der Waals surface area contributed by atoms with Gasteiger partial charge in [0.05, 0.1) is 11.9 Å². The highest BCUT2D eigenvalue weighted by Gasteiger charge is 2.37. The van der Waals surface area contributed by atoms with Crippen molar-refractivity contribution in [2.24, 2.45) is 5.10 Å². The van der Waals surface area contributed by atoms with Crippen LogP contribution in [-0.4, -0.2) is 26.1 Å². The van der Waals surface area contributed by atoms with Gasteiger partial charge in [-0.3, -0.25) is 4.98 Å². The van der Waals surface area contributed by atoms with Gasteiger partial charge in [-0.05, 0) is 24.4 Å². The molecule has 2 aromatic rings. The molecule has 0 aliphatic carbocycles. The maximum Gasteiger partial charge on any atom is 0.453 e. The van der Waals surface area contributed by atoms with E-state index in [1.165, 1.54) is 12.4 Å². The second-order valence-corrected chi connectivity index (χ2v) is 3.55. The Bertz CT molecular complexity index is 613. The topological polar surface area (TPSA) is 58.9 Å². The van der Waals surface area contributed by atoms with Crippen LogP contribution in [0.25, 0.3) is 0 Å². The fourth-order valence-electron chi connectivity index (χ4n) is 1.15. The number of hydrogen-bond acceptors (Lipinski definition) is 4. The predicted octanol–water partition coefficient (Wildman–Crippen LogP) is 2.24. The summed E-state index contributed by atoms with van der Waals surface area (Å²) in [7, 11) is 0. The summed E-state index contributed by atoms with van der Waals surface area (Å²) in [6.45, 7) is 0. The molecule has 2 heterocycles. The molecule has 0 bridgehead atoms. The molecule has 18 heavy (non-hydrogen) atoms. The average molecular weight is 273 g/mol. The number of aromatic amines is 1. The lowest BCUT2D eigenvalue weighted by Gasteiger charge is -2.03. The third kappa shape index (κ3) is 2.62. The van der Waals surface area contributed by atoms with Crippen LogP contribution < -0.4 is 0 Å². The number of nitrogens with zero attached hydrogens (tertiary/aromatic N) is 4. The number of rotatable bonds is 2. The van der Waals surface area contributed by atoms with Crippen LogP contribution in [0.3, 0.4) is 0 Å². The van der Waals surface area contributed by atoms with Crippen molar-refractivity contribution in [1.29, 1.82) is 0 Å². The Morgan fingerprint density at radius 3 is 2.78 bits per heavy atom. The Balaban J connectivity index is 2.38. The molecule has 1 N–H and O–H groups in total. The van der Waals surface area contributed by atoms with Gasteiger partial charge in [0.25, 0.3) is 5.82 Å². The van der Waals surface area contributed by atoms with Crippen LogP contribution in [0.4, 0.5) is 13.2 Å². The minimum atomic E-state index is -4.63. The second kappa shape index (κ2) is 4.69. The molecule has 0 spiro atoms. The van der Waals surface area contributed by atoms with Crippen molar-refractivity contribution in [3.63, 3.8) is 0 Å². The third-order valence-corrected chi connectivity index (χ3v) is 2.16. The van der Waals surface area contributed by atoms with Gasteiger partial charge in [0.1, 0.15) is 0 Å². The lowest BCUT2D eigenvalue weighted by atomic mass is 10.4. The second-order valence-electron chi connectivity index (χ2n) is 3.16. The first-order valence-corrected chi connectivity index (χ1v) is 5.09. The summed E-state index contributed by atoms with van der Waals surface area (Å²) in [6.07, 6.45) is -1.96. The van der Waals surface area contributed by atoms with Crippen molar-refractivity contribution in [3.8, 4) is 0 Å². The molecule has 0 amide bonds. The van der Waals surface area contributed by atoms with E-state index in [4.69, 9.17) is 0 Å². The summed E-state index contributed by atoms with van der Waals surface area (Å²) in [4.78, 5) is 3.89. The maximum atomic E-state index is 12.5. The van der Waals surface area contributed by atoms with E-state index in [0.29, 0.717) is 10.4 Å². The Morgan fingerprint density at radius 1 is 1.39 bits per heavy atom. The van der Waals surface area contributed by atoms with Crippen molar-refractivity contribution in [1.82, 2.24) is 19.9 Å². The quantitative estimate of drug-likeness (QED) is 0.674. The summed E-state index contributed by atoms with van der Waals surface area (Å²) in [5.41, 5.74) is 0.411. The molecule has 94 valence electrons. The fraction of sp³-hybridized carbons (Fsp3) is 0.111. The molecule has 5 nitrogen and oxygen atoms in total. The van der Waals surface area contributed by atoms with Gasteiger partial charge in [-0.15, -0.1) is 5.10 Å². The zero-order valence-electron chi connectivity index (χ0n) is 8.72. The zero-order valence-corrected chi connectivity index (χ0v) is 9.53. The van der Waals surface area contributed by atoms with Crippen molar-refractivity contribution >= 4 is 18.4 Å². The molecular formula is C9H6F3N5S. The predicted molar refractivity (Wildman–Crippen MR) is 59.6 cm³/mol. The molecule has 0 fully saturated rings. The van der Waals surface area contributed by atoms with E-state index < -0.39 is 12.0 Å². The summed E-state index contributed by atoms with van der Waals surface area (Å²) in [6, 6.07) is 4.97. The summed E-state index contributed by atoms with van der Waals surface area (Å²) >= 11 is 4.67. The van der Waals surface area contributed by atoms with Crippen LogP contribution in [0, 0.1) is 4.77 Å². The van der Waals surface area contributed by atoms with Gasteiger partial charge in [0.15, 0.2) is 0 Å². The normalized spacial score (nSPS) is 12.2. The minimum Gasteiger partial charge on any atom is -0.255 e. The first kappa shape index (κ1) is 12.4. The standard InChI is InChI=1S/C9H6F3N5S/c10-9(11,12)7-15-16-8(18)17(7)14-5-6-3-1-2-4-13-6/h1-5H,(H,16,18)/b14-5-. The number of alkyl halides is 3. The molecule has 0 aliphatic heterocycles.